The number of hydrogen-bond donors (Lipinski definition) is 1. The summed E-state index contributed by atoms with van der Waals surface area (Å²) >= 11 is 6.03. The largest absolute Gasteiger partial charge is 0.379 e. The number of halogens is 1. The fraction of sp³-hybridized carbons (Fsp3) is 0.294. The second-order valence-corrected chi connectivity index (χ2v) is 5.79. The van der Waals surface area contributed by atoms with E-state index in [1.54, 1.807) is 0 Å². The Kier molecular flexibility index (Phi) is 5.05. The lowest BCUT2D eigenvalue weighted by Gasteiger charge is -2.17. The van der Waals surface area contributed by atoms with Crippen LogP contribution in [0.3, 0.4) is 0 Å². The molecule has 0 saturated heterocycles. The van der Waals surface area contributed by atoms with E-state index in [0.717, 1.165) is 17.3 Å². The Morgan fingerprint density at radius 3 is 2.40 bits per heavy atom. The monoisotopic (exact) mass is 288 g/mol. The van der Waals surface area contributed by atoms with Crippen molar-refractivity contribution >= 4 is 17.3 Å². The molecule has 1 atom stereocenters. The Bertz CT molecular complexity index is 549. The molecule has 0 fully saturated rings. The van der Waals surface area contributed by atoms with Gasteiger partial charge in [-0.1, -0.05) is 35.9 Å². The number of nitrogens with one attached hydrogen (secondary N) is 1. The van der Waals surface area contributed by atoms with Crippen LogP contribution in [0.25, 0.3) is 0 Å². The van der Waals surface area contributed by atoms with Gasteiger partial charge in [-0.3, -0.25) is 0 Å². The smallest absolute Gasteiger partial charge is 0.0486 e. The van der Waals surface area contributed by atoms with Crippen LogP contribution in [0.1, 0.15) is 24.1 Å². The molecule has 0 bridgehead atoms. The summed E-state index contributed by atoms with van der Waals surface area (Å²) in [5.41, 5.74) is 3.63. The summed E-state index contributed by atoms with van der Waals surface area (Å²) in [6.45, 7) is 3.10. The second-order valence-electron chi connectivity index (χ2n) is 5.36. The minimum absolute atomic E-state index is 0.230. The number of nitrogens with zero attached hydrogens (tertiary/aromatic N) is 1. The van der Waals surface area contributed by atoms with Crippen LogP contribution in [0.15, 0.2) is 48.5 Å². The molecular formula is C17H21ClN2. The van der Waals surface area contributed by atoms with Crippen molar-refractivity contribution in [3.05, 3.63) is 64.7 Å². The minimum Gasteiger partial charge on any atom is -0.379 e. The molecule has 0 amide bonds. The maximum Gasteiger partial charge on any atom is 0.0486 e. The summed E-state index contributed by atoms with van der Waals surface area (Å²) in [6.07, 6.45) is 0. The third-order valence-corrected chi connectivity index (χ3v) is 3.42. The lowest BCUT2D eigenvalue weighted by molar-refractivity contribution is 0.402. The first-order chi connectivity index (χ1) is 9.54. The van der Waals surface area contributed by atoms with E-state index in [0.29, 0.717) is 0 Å². The molecule has 20 heavy (non-hydrogen) atoms. The SMILES string of the molecule is CC(Nc1ccc(CN(C)C)cc1)c1cccc(Cl)c1. The molecule has 3 heteroatoms. The van der Waals surface area contributed by atoms with Gasteiger partial charge in [-0.2, -0.15) is 0 Å². The summed E-state index contributed by atoms with van der Waals surface area (Å²) in [7, 11) is 4.15. The molecule has 0 aliphatic heterocycles. The number of anilines is 1. The van der Waals surface area contributed by atoms with E-state index < -0.39 is 0 Å². The third kappa shape index (κ3) is 4.26. The van der Waals surface area contributed by atoms with Gasteiger partial charge in [-0.05, 0) is 56.4 Å². The molecule has 0 heterocycles. The number of rotatable bonds is 5. The van der Waals surface area contributed by atoms with Crippen molar-refractivity contribution in [1.29, 1.82) is 0 Å². The Hall–Kier alpha value is -1.51. The van der Waals surface area contributed by atoms with Crippen LogP contribution < -0.4 is 5.32 Å². The van der Waals surface area contributed by atoms with Crippen LogP contribution >= 0.6 is 11.6 Å². The van der Waals surface area contributed by atoms with Gasteiger partial charge >= 0.3 is 0 Å². The molecule has 106 valence electrons. The molecule has 0 spiro atoms. The van der Waals surface area contributed by atoms with Gasteiger partial charge in [-0.15, -0.1) is 0 Å². The minimum atomic E-state index is 0.230. The summed E-state index contributed by atoms with van der Waals surface area (Å²) in [5, 5.41) is 4.27. The fourth-order valence-electron chi connectivity index (χ4n) is 2.18. The molecule has 2 nitrogen and oxygen atoms in total. The topological polar surface area (TPSA) is 15.3 Å². The number of benzene rings is 2. The fourth-order valence-corrected chi connectivity index (χ4v) is 2.38. The third-order valence-electron chi connectivity index (χ3n) is 3.18. The molecular weight excluding hydrogens is 268 g/mol. The van der Waals surface area contributed by atoms with E-state index in [2.05, 4.69) is 61.6 Å². The summed E-state index contributed by atoms with van der Waals surface area (Å²) in [5.74, 6) is 0. The predicted octanol–water partition coefficient (Wildman–Crippen LogP) is 4.57. The Morgan fingerprint density at radius 2 is 1.80 bits per heavy atom. The predicted molar refractivity (Wildman–Crippen MR) is 87.3 cm³/mol. The highest BCUT2D eigenvalue weighted by Crippen LogP contribution is 2.22. The first kappa shape index (κ1) is 14.9. The first-order valence-electron chi connectivity index (χ1n) is 6.80. The summed E-state index contributed by atoms with van der Waals surface area (Å²) in [4.78, 5) is 2.16. The summed E-state index contributed by atoms with van der Waals surface area (Å²) in [6, 6.07) is 16.8. The van der Waals surface area contributed by atoms with Crippen LogP contribution in [0, 0.1) is 0 Å². The maximum absolute atomic E-state index is 6.03. The zero-order valence-corrected chi connectivity index (χ0v) is 13.0. The maximum atomic E-state index is 6.03. The lowest BCUT2D eigenvalue weighted by atomic mass is 10.1. The van der Waals surface area contributed by atoms with Crippen LogP contribution in [-0.4, -0.2) is 19.0 Å². The van der Waals surface area contributed by atoms with Gasteiger partial charge in [0.2, 0.25) is 0 Å². The quantitative estimate of drug-likeness (QED) is 0.867. The zero-order chi connectivity index (χ0) is 14.5. The summed E-state index contributed by atoms with van der Waals surface area (Å²) < 4.78 is 0. The van der Waals surface area contributed by atoms with Crippen molar-refractivity contribution in [2.75, 3.05) is 19.4 Å². The van der Waals surface area contributed by atoms with E-state index in [-0.39, 0.29) is 6.04 Å². The molecule has 1 unspecified atom stereocenters. The normalized spacial score (nSPS) is 12.4. The van der Waals surface area contributed by atoms with Gasteiger partial charge in [0.25, 0.3) is 0 Å². The zero-order valence-electron chi connectivity index (χ0n) is 12.2. The standard InChI is InChI=1S/C17H21ClN2/c1-13(15-5-4-6-16(18)11-15)19-17-9-7-14(8-10-17)12-20(2)3/h4-11,13,19H,12H2,1-3H3. The molecule has 0 saturated carbocycles. The van der Waals surface area contributed by atoms with Crippen LogP contribution in [0.4, 0.5) is 5.69 Å². The Balaban J connectivity index is 2.02. The van der Waals surface area contributed by atoms with Gasteiger partial charge in [0.1, 0.15) is 0 Å². The Labute approximate surface area is 126 Å². The van der Waals surface area contributed by atoms with Gasteiger partial charge < -0.3 is 10.2 Å². The Morgan fingerprint density at radius 1 is 1.10 bits per heavy atom. The van der Waals surface area contributed by atoms with Gasteiger partial charge in [0.15, 0.2) is 0 Å². The molecule has 0 aliphatic rings. The highest BCUT2D eigenvalue weighted by molar-refractivity contribution is 6.30. The van der Waals surface area contributed by atoms with Crippen LogP contribution in [0.5, 0.6) is 0 Å². The van der Waals surface area contributed by atoms with Crippen molar-refractivity contribution in [1.82, 2.24) is 4.90 Å². The molecule has 0 aliphatic carbocycles. The van der Waals surface area contributed by atoms with Gasteiger partial charge in [0, 0.05) is 23.3 Å². The van der Waals surface area contributed by atoms with Crippen molar-refractivity contribution in [3.8, 4) is 0 Å². The van der Waals surface area contributed by atoms with Crippen molar-refractivity contribution in [3.63, 3.8) is 0 Å². The van der Waals surface area contributed by atoms with Crippen LogP contribution in [-0.2, 0) is 6.54 Å². The van der Waals surface area contributed by atoms with E-state index in [1.165, 1.54) is 11.1 Å². The molecule has 2 aromatic rings. The first-order valence-corrected chi connectivity index (χ1v) is 7.18. The van der Waals surface area contributed by atoms with Gasteiger partial charge in [0.05, 0.1) is 0 Å². The van der Waals surface area contributed by atoms with Crippen molar-refractivity contribution in [2.45, 2.75) is 19.5 Å². The highest BCUT2D eigenvalue weighted by Gasteiger charge is 2.05. The van der Waals surface area contributed by atoms with Crippen LogP contribution in [0.2, 0.25) is 5.02 Å². The molecule has 1 N–H and O–H groups in total. The van der Waals surface area contributed by atoms with E-state index in [4.69, 9.17) is 11.6 Å². The van der Waals surface area contributed by atoms with Crippen molar-refractivity contribution < 1.29 is 0 Å². The highest BCUT2D eigenvalue weighted by atomic mass is 35.5. The molecule has 2 aromatic carbocycles. The van der Waals surface area contributed by atoms with E-state index in [9.17, 15) is 0 Å². The number of hydrogen-bond acceptors (Lipinski definition) is 2. The van der Waals surface area contributed by atoms with E-state index in [1.807, 2.05) is 18.2 Å². The lowest BCUT2D eigenvalue weighted by Crippen LogP contribution is -2.11. The van der Waals surface area contributed by atoms with Gasteiger partial charge in [-0.25, -0.2) is 0 Å². The average Bonchev–Trinajstić information content (AvgIpc) is 2.40. The molecule has 0 aromatic heterocycles. The van der Waals surface area contributed by atoms with Crippen molar-refractivity contribution in [2.24, 2.45) is 0 Å². The molecule has 2 rings (SSSR count). The molecule has 0 radical (unpaired) electrons. The average molecular weight is 289 g/mol. The van der Waals surface area contributed by atoms with E-state index >= 15 is 0 Å². The second kappa shape index (κ2) is 6.78.